The third kappa shape index (κ3) is 2.77. The van der Waals surface area contributed by atoms with E-state index in [1.807, 2.05) is 13.0 Å². The highest BCUT2D eigenvalue weighted by atomic mass is 16.1. The summed E-state index contributed by atoms with van der Waals surface area (Å²) in [7, 11) is 0. The highest BCUT2D eigenvalue weighted by Crippen LogP contribution is 2.08. The van der Waals surface area contributed by atoms with E-state index in [9.17, 15) is 4.79 Å². The molecule has 0 fully saturated rings. The first kappa shape index (κ1) is 11.9. The molecule has 0 bridgehead atoms. The second-order valence-electron chi connectivity index (χ2n) is 3.94. The van der Waals surface area contributed by atoms with Crippen LogP contribution in [0.15, 0.2) is 36.7 Å². The summed E-state index contributed by atoms with van der Waals surface area (Å²) in [5, 5.41) is 8.79. The molecular formula is C14H11N3O. The van der Waals surface area contributed by atoms with E-state index in [2.05, 4.69) is 9.97 Å². The van der Waals surface area contributed by atoms with Crippen molar-refractivity contribution in [3.63, 3.8) is 0 Å². The van der Waals surface area contributed by atoms with Crippen LogP contribution in [0.2, 0.25) is 0 Å². The number of nitriles is 1. The van der Waals surface area contributed by atoms with E-state index in [-0.39, 0.29) is 12.2 Å². The average Bonchev–Trinajstić information content (AvgIpc) is 2.39. The smallest absolute Gasteiger partial charge is 0.168 e. The molecule has 0 aliphatic rings. The van der Waals surface area contributed by atoms with Crippen LogP contribution in [0.1, 0.15) is 27.3 Å². The van der Waals surface area contributed by atoms with Crippen LogP contribution in [0.25, 0.3) is 0 Å². The number of ketones is 1. The lowest BCUT2D eigenvalue weighted by Crippen LogP contribution is -2.06. The number of hydrogen-bond acceptors (Lipinski definition) is 4. The molecule has 0 saturated heterocycles. The zero-order valence-corrected chi connectivity index (χ0v) is 9.92. The molecule has 0 N–H and O–H groups in total. The number of carbonyl (C=O) groups is 1. The summed E-state index contributed by atoms with van der Waals surface area (Å²) in [6.07, 6.45) is 1.67. The number of aryl methyl sites for hydroxylation is 1. The molecule has 88 valence electrons. The van der Waals surface area contributed by atoms with Crippen LogP contribution in [-0.2, 0) is 6.42 Å². The number of benzene rings is 1. The average molecular weight is 237 g/mol. The van der Waals surface area contributed by atoms with E-state index in [1.54, 1.807) is 30.3 Å². The van der Waals surface area contributed by atoms with E-state index >= 15 is 0 Å². The predicted octanol–water partition coefficient (Wildman–Crippen LogP) is 2.08. The Morgan fingerprint density at radius 2 is 2.17 bits per heavy atom. The minimum Gasteiger partial charge on any atom is -0.294 e. The van der Waals surface area contributed by atoms with Gasteiger partial charge in [-0.3, -0.25) is 4.79 Å². The van der Waals surface area contributed by atoms with Crippen molar-refractivity contribution >= 4 is 5.78 Å². The Kier molecular flexibility index (Phi) is 3.44. The molecule has 0 unspecified atom stereocenters. The van der Waals surface area contributed by atoms with E-state index in [1.165, 1.54) is 6.33 Å². The van der Waals surface area contributed by atoms with Gasteiger partial charge in [-0.15, -0.1) is 0 Å². The third-order valence-electron chi connectivity index (χ3n) is 2.52. The molecule has 4 nitrogen and oxygen atoms in total. The van der Waals surface area contributed by atoms with Gasteiger partial charge in [-0.05, 0) is 25.1 Å². The van der Waals surface area contributed by atoms with E-state index in [4.69, 9.17) is 5.26 Å². The van der Waals surface area contributed by atoms with Crippen LogP contribution in [0.5, 0.6) is 0 Å². The second kappa shape index (κ2) is 5.19. The Hall–Kier alpha value is -2.54. The van der Waals surface area contributed by atoms with Crippen molar-refractivity contribution in [2.24, 2.45) is 0 Å². The Morgan fingerprint density at radius 1 is 1.33 bits per heavy atom. The molecule has 1 heterocycles. The van der Waals surface area contributed by atoms with E-state index in [0.29, 0.717) is 16.8 Å². The van der Waals surface area contributed by atoms with Crippen LogP contribution < -0.4 is 0 Å². The Balaban J connectivity index is 2.20. The van der Waals surface area contributed by atoms with Gasteiger partial charge in [-0.1, -0.05) is 12.1 Å². The summed E-state index contributed by atoms with van der Waals surface area (Å²) in [5.41, 5.74) is 2.54. The van der Waals surface area contributed by atoms with E-state index in [0.717, 1.165) is 5.69 Å². The van der Waals surface area contributed by atoms with Gasteiger partial charge in [0.1, 0.15) is 6.33 Å². The van der Waals surface area contributed by atoms with Crippen LogP contribution in [0.3, 0.4) is 0 Å². The second-order valence-corrected chi connectivity index (χ2v) is 3.94. The summed E-state index contributed by atoms with van der Waals surface area (Å²) in [5.74, 6) is -0.0507. The monoisotopic (exact) mass is 237 g/mol. The summed E-state index contributed by atoms with van der Waals surface area (Å²) in [6, 6.07) is 10.5. The number of rotatable bonds is 3. The SMILES string of the molecule is Cc1cc(CC(=O)c2cccc(C#N)c2)ncn1. The molecule has 0 aliphatic carbocycles. The summed E-state index contributed by atoms with van der Waals surface area (Å²) < 4.78 is 0. The standard InChI is InChI=1S/C14H11N3O/c1-10-5-13(17-9-16-10)7-14(18)12-4-2-3-11(6-12)8-15/h2-6,9H,7H2,1H3. The lowest BCUT2D eigenvalue weighted by Gasteiger charge is -2.02. The summed E-state index contributed by atoms with van der Waals surface area (Å²) >= 11 is 0. The zero-order valence-electron chi connectivity index (χ0n) is 9.92. The third-order valence-corrected chi connectivity index (χ3v) is 2.52. The quantitative estimate of drug-likeness (QED) is 0.766. The van der Waals surface area contributed by atoms with Gasteiger partial charge in [-0.25, -0.2) is 9.97 Å². The molecular weight excluding hydrogens is 226 g/mol. The highest BCUT2D eigenvalue weighted by molar-refractivity contribution is 5.97. The topological polar surface area (TPSA) is 66.6 Å². The maximum absolute atomic E-state index is 12.0. The van der Waals surface area contributed by atoms with Crippen molar-refractivity contribution < 1.29 is 4.79 Å². The predicted molar refractivity (Wildman–Crippen MR) is 66.0 cm³/mol. The maximum atomic E-state index is 12.0. The molecule has 0 spiro atoms. The van der Waals surface area contributed by atoms with Gasteiger partial charge >= 0.3 is 0 Å². The van der Waals surface area contributed by atoms with Crippen LogP contribution in [0, 0.1) is 18.3 Å². The van der Waals surface area contributed by atoms with Gasteiger partial charge in [-0.2, -0.15) is 5.26 Å². The largest absolute Gasteiger partial charge is 0.294 e. The van der Waals surface area contributed by atoms with Gasteiger partial charge < -0.3 is 0 Å². The van der Waals surface area contributed by atoms with Gasteiger partial charge in [0.15, 0.2) is 5.78 Å². The molecule has 1 aromatic heterocycles. The van der Waals surface area contributed by atoms with Crippen molar-refractivity contribution in [1.82, 2.24) is 9.97 Å². The lowest BCUT2D eigenvalue weighted by molar-refractivity contribution is 0.0992. The molecule has 0 amide bonds. The molecule has 0 aliphatic heterocycles. The Bertz CT molecular complexity index is 629. The lowest BCUT2D eigenvalue weighted by atomic mass is 10.0. The normalized spacial score (nSPS) is 9.78. The minimum atomic E-state index is -0.0507. The summed E-state index contributed by atoms with van der Waals surface area (Å²) in [4.78, 5) is 20.1. The number of carbonyl (C=O) groups excluding carboxylic acids is 1. The molecule has 1 aromatic carbocycles. The molecule has 18 heavy (non-hydrogen) atoms. The fourth-order valence-corrected chi connectivity index (χ4v) is 1.64. The van der Waals surface area contributed by atoms with Crippen molar-refractivity contribution in [2.45, 2.75) is 13.3 Å². The molecule has 0 radical (unpaired) electrons. The van der Waals surface area contributed by atoms with Gasteiger partial charge in [0.05, 0.1) is 23.7 Å². The number of aromatic nitrogens is 2. The van der Waals surface area contributed by atoms with Crippen LogP contribution in [-0.4, -0.2) is 15.8 Å². The van der Waals surface area contributed by atoms with Gasteiger partial charge in [0.2, 0.25) is 0 Å². The Labute approximate surface area is 105 Å². The molecule has 4 heteroatoms. The fourth-order valence-electron chi connectivity index (χ4n) is 1.64. The van der Waals surface area contributed by atoms with E-state index < -0.39 is 0 Å². The molecule has 0 saturated carbocycles. The molecule has 2 rings (SSSR count). The van der Waals surface area contributed by atoms with Crippen LogP contribution >= 0.6 is 0 Å². The maximum Gasteiger partial charge on any atom is 0.168 e. The van der Waals surface area contributed by atoms with Crippen molar-refractivity contribution in [2.75, 3.05) is 0 Å². The Morgan fingerprint density at radius 3 is 2.89 bits per heavy atom. The van der Waals surface area contributed by atoms with Gasteiger partial charge in [0.25, 0.3) is 0 Å². The number of Topliss-reactive ketones (excluding diaryl/α,β-unsaturated/α-hetero) is 1. The molecule has 2 aromatic rings. The minimum absolute atomic E-state index is 0.0507. The first-order valence-electron chi connectivity index (χ1n) is 5.50. The zero-order chi connectivity index (χ0) is 13.0. The summed E-state index contributed by atoms with van der Waals surface area (Å²) in [6.45, 7) is 1.85. The van der Waals surface area contributed by atoms with Gasteiger partial charge in [0, 0.05) is 11.3 Å². The van der Waals surface area contributed by atoms with Crippen molar-refractivity contribution in [3.8, 4) is 6.07 Å². The first-order chi connectivity index (χ1) is 8.69. The highest BCUT2D eigenvalue weighted by Gasteiger charge is 2.08. The van der Waals surface area contributed by atoms with Crippen molar-refractivity contribution in [1.29, 1.82) is 5.26 Å². The first-order valence-corrected chi connectivity index (χ1v) is 5.50. The molecule has 0 atom stereocenters. The number of nitrogens with zero attached hydrogens (tertiary/aromatic N) is 3. The van der Waals surface area contributed by atoms with Crippen molar-refractivity contribution in [3.05, 3.63) is 59.2 Å². The van der Waals surface area contributed by atoms with Crippen LogP contribution in [0.4, 0.5) is 0 Å². The number of hydrogen-bond donors (Lipinski definition) is 0. The fraction of sp³-hybridized carbons (Fsp3) is 0.143.